The van der Waals surface area contributed by atoms with Crippen molar-refractivity contribution in [3.8, 4) is 0 Å². The third kappa shape index (κ3) is 4.58. The molecular weight excluding hydrogens is 290 g/mol. The Hall–Kier alpha value is -2.30. The van der Waals surface area contributed by atoms with Gasteiger partial charge in [-0.15, -0.1) is 6.58 Å². The van der Waals surface area contributed by atoms with Gasteiger partial charge in [-0.1, -0.05) is 35.5 Å². The predicted molar refractivity (Wildman–Crippen MR) is 92.6 cm³/mol. The molecule has 23 heavy (non-hydrogen) atoms. The van der Waals surface area contributed by atoms with Gasteiger partial charge in [0.15, 0.2) is 6.10 Å². The quantitative estimate of drug-likeness (QED) is 0.820. The van der Waals surface area contributed by atoms with E-state index in [1.165, 1.54) is 5.56 Å². The molecule has 0 spiro atoms. The number of urea groups is 1. The zero-order chi connectivity index (χ0) is 16.8. The molecule has 1 N–H and O–H groups in total. The van der Waals surface area contributed by atoms with Crippen molar-refractivity contribution in [2.75, 3.05) is 13.1 Å². The van der Waals surface area contributed by atoms with Crippen LogP contribution in [0.2, 0.25) is 0 Å². The first-order valence-electron chi connectivity index (χ1n) is 7.96. The van der Waals surface area contributed by atoms with Crippen molar-refractivity contribution in [2.45, 2.75) is 39.3 Å². The third-order valence-corrected chi connectivity index (χ3v) is 3.66. The first-order valence-corrected chi connectivity index (χ1v) is 7.96. The molecule has 0 bridgehead atoms. The summed E-state index contributed by atoms with van der Waals surface area (Å²) < 4.78 is 0. The van der Waals surface area contributed by atoms with Crippen LogP contribution < -0.4 is 5.32 Å². The lowest BCUT2D eigenvalue weighted by molar-refractivity contribution is 0.0626. The second kappa shape index (κ2) is 7.81. The lowest BCUT2D eigenvalue weighted by Crippen LogP contribution is -2.46. The molecule has 1 aliphatic heterocycles. The van der Waals surface area contributed by atoms with Crippen molar-refractivity contribution in [1.29, 1.82) is 0 Å². The minimum Gasteiger partial charge on any atom is -0.390 e. The van der Waals surface area contributed by atoms with Crippen molar-refractivity contribution in [3.05, 3.63) is 48.0 Å². The van der Waals surface area contributed by atoms with E-state index in [-0.39, 0.29) is 18.2 Å². The van der Waals surface area contributed by atoms with Gasteiger partial charge < -0.3 is 15.1 Å². The number of aryl methyl sites for hydroxylation is 1. The SMILES string of the molecule is C=CCN(C[C@H]1CC(c2ccccc2C)=NO1)C(=O)NC(C)C. The smallest absolute Gasteiger partial charge is 0.318 e. The molecule has 0 saturated carbocycles. The van der Waals surface area contributed by atoms with Crippen LogP contribution in [0.5, 0.6) is 0 Å². The Labute approximate surface area is 138 Å². The molecule has 5 nitrogen and oxygen atoms in total. The maximum absolute atomic E-state index is 12.2. The van der Waals surface area contributed by atoms with E-state index in [2.05, 4.69) is 30.0 Å². The van der Waals surface area contributed by atoms with Crippen molar-refractivity contribution in [1.82, 2.24) is 10.2 Å². The first-order chi connectivity index (χ1) is 11.0. The van der Waals surface area contributed by atoms with Gasteiger partial charge in [0.2, 0.25) is 0 Å². The predicted octanol–water partition coefficient (Wildman–Crippen LogP) is 3.09. The van der Waals surface area contributed by atoms with E-state index in [4.69, 9.17) is 4.84 Å². The Morgan fingerprint density at radius 3 is 2.91 bits per heavy atom. The number of oxime groups is 1. The molecule has 0 aromatic heterocycles. The van der Waals surface area contributed by atoms with E-state index >= 15 is 0 Å². The van der Waals surface area contributed by atoms with Crippen molar-refractivity contribution in [3.63, 3.8) is 0 Å². The van der Waals surface area contributed by atoms with Gasteiger partial charge >= 0.3 is 6.03 Å². The number of hydrogen-bond donors (Lipinski definition) is 1. The van der Waals surface area contributed by atoms with Crippen molar-refractivity contribution >= 4 is 11.7 Å². The molecule has 1 aromatic carbocycles. The van der Waals surface area contributed by atoms with Gasteiger partial charge in [0.25, 0.3) is 0 Å². The summed E-state index contributed by atoms with van der Waals surface area (Å²) in [5.74, 6) is 0. The van der Waals surface area contributed by atoms with E-state index in [1.54, 1.807) is 11.0 Å². The van der Waals surface area contributed by atoms with Gasteiger partial charge in [0, 0.05) is 24.6 Å². The average molecular weight is 315 g/mol. The Morgan fingerprint density at radius 2 is 2.26 bits per heavy atom. The zero-order valence-electron chi connectivity index (χ0n) is 14.1. The Kier molecular flexibility index (Phi) is 5.79. The number of carbonyl (C=O) groups excluding carboxylic acids is 1. The first kappa shape index (κ1) is 17.1. The second-order valence-corrected chi connectivity index (χ2v) is 6.08. The highest BCUT2D eigenvalue weighted by atomic mass is 16.6. The number of amides is 2. The summed E-state index contributed by atoms with van der Waals surface area (Å²) in [6.07, 6.45) is 2.30. The molecule has 0 radical (unpaired) electrons. The molecule has 1 aromatic rings. The normalized spacial score (nSPS) is 16.7. The fourth-order valence-corrected chi connectivity index (χ4v) is 2.56. The fourth-order valence-electron chi connectivity index (χ4n) is 2.56. The summed E-state index contributed by atoms with van der Waals surface area (Å²) >= 11 is 0. The summed E-state index contributed by atoms with van der Waals surface area (Å²) in [5, 5.41) is 7.11. The molecule has 1 atom stereocenters. The molecule has 1 heterocycles. The fraction of sp³-hybridized carbons (Fsp3) is 0.444. The molecule has 0 saturated heterocycles. The van der Waals surface area contributed by atoms with Crippen molar-refractivity contribution < 1.29 is 9.63 Å². The standard InChI is InChI=1S/C18H25N3O2/c1-5-10-21(18(22)19-13(2)3)12-15-11-17(20-23-15)16-9-7-6-8-14(16)4/h5-9,13,15H,1,10-12H2,2-4H3,(H,19,22)/t15-/m1/s1. The molecule has 0 aliphatic carbocycles. The maximum Gasteiger partial charge on any atom is 0.318 e. The highest BCUT2D eigenvalue weighted by molar-refractivity contribution is 6.02. The molecule has 5 heteroatoms. The van der Waals surface area contributed by atoms with Crippen LogP contribution in [0.25, 0.3) is 0 Å². The summed E-state index contributed by atoms with van der Waals surface area (Å²) in [7, 11) is 0. The van der Waals surface area contributed by atoms with Crippen LogP contribution in [0.15, 0.2) is 42.1 Å². The molecule has 2 rings (SSSR count). The average Bonchev–Trinajstić information content (AvgIpc) is 2.95. The van der Waals surface area contributed by atoms with Crippen LogP contribution in [0.3, 0.4) is 0 Å². The summed E-state index contributed by atoms with van der Waals surface area (Å²) in [6, 6.07) is 8.11. The number of nitrogens with zero attached hydrogens (tertiary/aromatic N) is 2. The minimum absolute atomic E-state index is 0.0955. The highest BCUT2D eigenvalue weighted by Gasteiger charge is 2.26. The maximum atomic E-state index is 12.2. The molecular formula is C18H25N3O2. The highest BCUT2D eigenvalue weighted by Crippen LogP contribution is 2.20. The van der Waals surface area contributed by atoms with Crippen LogP contribution in [-0.2, 0) is 4.84 Å². The van der Waals surface area contributed by atoms with E-state index < -0.39 is 0 Å². The summed E-state index contributed by atoms with van der Waals surface area (Å²) in [6.45, 7) is 10.6. The lowest BCUT2D eigenvalue weighted by Gasteiger charge is -2.24. The molecule has 2 amide bonds. The second-order valence-electron chi connectivity index (χ2n) is 6.08. The molecule has 0 unspecified atom stereocenters. The van der Waals surface area contributed by atoms with Gasteiger partial charge in [-0.3, -0.25) is 0 Å². The van der Waals surface area contributed by atoms with E-state index in [1.807, 2.05) is 32.0 Å². The number of nitrogens with one attached hydrogen (secondary N) is 1. The monoisotopic (exact) mass is 315 g/mol. The summed E-state index contributed by atoms with van der Waals surface area (Å²) in [5.41, 5.74) is 3.23. The third-order valence-electron chi connectivity index (χ3n) is 3.66. The topological polar surface area (TPSA) is 53.9 Å². The Morgan fingerprint density at radius 1 is 1.52 bits per heavy atom. The number of rotatable bonds is 6. The number of hydrogen-bond acceptors (Lipinski definition) is 3. The Bertz CT molecular complexity index is 596. The van der Waals surface area contributed by atoms with E-state index in [0.29, 0.717) is 19.5 Å². The summed E-state index contributed by atoms with van der Waals surface area (Å²) in [4.78, 5) is 19.5. The number of carbonyl (C=O) groups is 1. The van der Waals surface area contributed by atoms with Crippen LogP contribution in [0.4, 0.5) is 4.79 Å². The van der Waals surface area contributed by atoms with Gasteiger partial charge in [0.05, 0.1) is 12.3 Å². The Balaban J connectivity index is 1.97. The largest absolute Gasteiger partial charge is 0.390 e. The van der Waals surface area contributed by atoms with Gasteiger partial charge in [-0.2, -0.15) is 0 Å². The van der Waals surface area contributed by atoms with E-state index in [0.717, 1.165) is 11.3 Å². The number of benzene rings is 1. The lowest BCUT2D eigenvalue weighted by atomic mass is 10.0. The van der Waals surface area contributed by atoms with E-state index in [9.17, 15) is 4.79 Å². The molecule has 1 aliphatic rings. The van der Waals surface area contributed by atoms with Crippen LogP contribution >= 0.6 is 0 Å². The van der Waals surface area contributed by atoms with Crippen LogP contribution in [-0.4, -0.2) is 41.9 Å². The minimum atomic E-state index is -0.123. The molecule has 124 valence electrons. The zero-order valence-corrected chi connectivity index (χ0v) is 14.1. The van der Waals surface area contributed by atoms with Gasteiger partial charge in [-0.05, 0) is 26.3 Å². The van der Waals surface area contributed by atoms with Gasteiger partial charge in [0.1, 0.15) is 0 Å². The molecule has 0 fully saturated rings. The van der Waals surface area contributed by atoms with Crippen LogP contribution in [0, 0.1) is 6.92 Å². The van der Waals surface area contributed by atoms with Gasteiger partial charge in [-0.25, -0.2) is 4.79 Å². The van der Waals surface area contributed by atoms with Crippen LogP contribution in [0.1, 0.15) is 31.4 Å². The van der Waals surface area contributed by atoms with Crippen molar-refractivity contribution in [2.24, 2.45) is 5.16 Å².